The first-order chi connectivity index (χ1) is 11.9. The fraction of sp³-hybridized carbons (Fsp3) is 0.188. The maximum Gasteiger partial charge on any atom is 0.430 e. The van der Waals surface area contributed by atoms with Gasteiger partial charge in [-0.25, -0.2) is 4.39 Å². The minimum absolute atomic E-state index is 0.108. The predicted octanol–water partition coefficient (Wildman–Crippen LogP) is 4.13. The quantitative estimate of drug-likeness (QED) is 0.494. The third-order valence-electron chi connectivity index (χ3n) is 4.02. The van der Waals surface area contributed by atoms with Gasteiger partial charge in [-0.2, -0.15) is 26.3 Å². The molecular weight excluding hydrogens is 371 g/mol. The third-order valence-corrected chi connectivity index (χ3v) is 4.02. The number of nitrogens with one attached hydrogen (secondary N) is 1. The number of aromatic nitrogens is 1. The normalized spacial score (nSPS) is 13.5. The Morgan fingerprint density at radius 3 is 2.00 bits per heavy atom. The van der Waals surface area contributed by atoms with Crippen LogP contribution in [0.4, 0.5) is 30.7 Å². The van der Waals surface area contributed by atoms with Crippen molar-refractivity contribution < 1.29 is 35.8 Å². The van der Waals surface area contributed by atoms with Gasteiger partial charge in [0.25, 0.3) is 11.2 Å². The lowest BCUT2D eigenvalue weighted by atomic mass is 9.90. The highest BCUT2D eigenvalue weighted by Crippen LogP contribution is 2.50. The molecule has 0 amide bonds. The van der Waals surface area contributed by atoms with E-state index in [4.69, 9.17) is 0 Å². The molecule has 138 valence electrons. The van der Waals surface area contributed by atoms with Crippen LogP contribution in [0.2, 0.25) is 0 Å². The van der Waals surface area contributed by atoms with E-state index < -0.39 is 34.9 Å². The maximum atomic E-state index is 13.5. The second-order valence-corrected chi connectivity index (χ2v) is 5.61. The van der Waals surface area contributed by atoms with Gasteiger partial charge in [0.2, 0.25) is 0 Å². The highest BCUT2D eigenvalue weighted by molar-refractivity contribution is 6.05. The number of rotatable bonds is 1. The lowest BCUT2D eigenvalue weighted by Crippen LogP contribution is -2.53. The molecule has 0 fully saturated rings. The Morgan fingerprint density at radius 1 is 0.808 bits per heavy atom. The largest absolute Gasteiger partial charge is 0.430 e. The third kappa shape index (κ3) is 2.52. The van der Waals surface area contributed by atoms with Crippen LogP contribution in [0.3, 0.4) is 0 Å². The van der Waals surface area contributed by atoms with Gasteiger partial charge in [-0.15, -0.1) is 0 Å². The van der Waals surface area contributed by atoms with E-state index in [1.165, 1.54) is 0 Å². The second-order valence-electron chi connectivity index (χ2n) is 5.61. The lowest BCUT2D eigenvalue weighted by molar-refractivity contribution is -0.376. The molecule has 26 heavy (non-hydrogen) atoms. The van der Waals surface area contributed by atoms with Crippen molar-refractivity contribution in [1.29, 1.82) is 0 Å². The van der Waals surface area contributed by atoms with Gasteiger partial charge in [0.05, 0.1) is 0 Å². The van der Waals surface area contributed by atoms with Crippen molar-refractivity contribution in [3.63, 3.8) is 0 Å². The molecule has 3 nitrogen and oxygen atoms in total. The van der Waals surface area contributed by atoms with E-state index in [-0.39, 0.29) is 21.7 Å². The smallest absolute Gasteiger partial charge is 0.369 e. The molecule has 2 N–H and O–H groups in total. The molecule has 0 spiro atoms. The second kappa shape index (κ2) is 5.44. The number of fused-ring (bicyclic) bond motifs is 3. The minimum atomic E-state index is -6.05. The predicted molar refractivity (Wildman–Crippen MR) is 78.0 cm³/mol. The van der Waals surface area contributed by atoms with Crippen LogP contribution in [0.15, 0.2) is 41.2 Å². The van der Waals surface area contributed by atoms with Gasteiger partial charge in [-0.05, 0) is 35.7 Å². The van der Waals surface area contributed by atoms with E-state index >= 15 is 0 Å². The molecule has 10 heteroatoms. The van der Waals surface area contributed by atoms with Crippen molar-refractivity contribution in [2.24, 2.45) is 0 Å². The Kier molecular flexibility index (Phi) is 3.80. The van der Waals surface area contributed by atoms with E-state index in [0.29, 0.717) is 12.1 Å². The molecule has 3 rings (SSSR count). The van der Waals surface area contributed by atoms with E-state index in [1.54, 1.807) is 0 Å². The number of aliphatic hydroxyl groups is 1. The van der Waals surface area contributed by atoms with Crippen molar-refractivity contribution in [2.45, 2.75) is 18.0 Å². The van der Waals surface area contributed by atoms with Crippen molar-refractivity contribution in [3.05, 3.63) is 58.1 Å². The first-order valence-electron chi connectivity index (χ1n) is 6.98. The number of aromatic amines is 1. The van der Waals surface area contributed by atoms with Crippen LogP contribution in [-0.2, 0) is 5.60 Å². The molecule has 0 bridgehead atoms. The molecule has 0 saturated carbocycles. The van der Waals surface area contributed by atoms with Crippen molar-refractivity contribution in [1.82, 2.24) is 4.98 Å². The van der Waals surface area contributed by atoms with E-state index in [9.17, 15) is 40.6 Å². The Balaban J connectivity index is 2.43. The van der Waals surface area contributed by atoms with Crippen LogP contribution in [0.5, 0.6) is 0 Å². The zero-order valence-corrected chi connectivity index (χ0v) is 12.5. The molecule has 0 aliphatic carbocycles. The number of pyridine rings is 1. The Hall–Kier alpha value is -2.62. The summed E-state index contributed by atoms with van der Waals surface area (Å²) in [7, 11) is 0. The fourth-order valence-corrected chi connectivity index (χ4v) is 2.72. The Morgan fingerprint density at radius 2 is 1.42 bits per heavy atom. The molecule has 0 unspecified atom stereocenters. The van der Waals surface area contributed by atoms with Gasteiger partial charge in [-0.3, -0.25) is 4.79 Å². The molecule has 1 heterocycles. The average Bonchev–Trinajstić information content (AvgIpc) is 2.51. The first kappa shape index (κ1) is 18.2. The zero-order valence-electron chi connectivity index (χ0n) is 12.5. The minimum Gasteiger partial charge on any atom is -0.369 e. The maximum absolute atomic E-state index is 13.5. The van der Waals surface area contributed by atoms with Crippen LogP contribution in [0, 0.1) is 5.82 Å². The van der Waals surface area contributed by atoms with Crippen molar-refractivity contribution >= 4 is 21.7 Å². The molecule has 0 saturated heterocycles. The molecule has 1 aromatic heterocycles. The van der Waals surface area contributed by atoms with Gasteiger partial charge in [-0.1, -0.05) is 6.07 Å². The molecule has 0 aliphatic heterocycles. The topological polar surface area (TPSA) is 53.1 Å². The highest BCUT2D eigenvalue weighted by Gasteiger charge is 2.71. The molecule has 0 aliphatic rings. The van der Waals surface area contributed by atoms with E-state index in [1.807, 2.05) is 0 Å². The Labute approximate surface area is 139 Å². The standard InChI is InChI=1S/C16H8F7NO2/c17-8-2-3-9-10(6-8)11-5-7(1-4-12(11)24-13(9)25)14(26,15(18,19)20)16(21,22)23/h1-6,26H,(H,24,25). The van der Waals surface area contributed by atoms with E-state index in [0.717, 1.165) is 24.3 Å². The number of halogens is 7. The van der Waals surface area contributed by atoms with Crippen molar-refractivity contribution in [3.8, 4) is 0 Å². The highest BCUT2D eigenvalue weighted by atomic mass is 19.4. The van der Waals surface area contributed by atoms with E-state index in [2.05, 4.69) is 4.98 Å². The van der Waals surface area contributed by atoms with Crippen LogP contribution in [0.25, 0.3) is 21.7 Å². The van der Waals surface area contributed by atoms with Gasteiger partial charge < -0.3 is 10.1 Å². The summed E-state index contributed by atoms with van der Waals surface area (Å²) in [4.78, 5) is 14.2. The number of hydrogen-bond donors (Lipinski definition) is 2. The van der Waals surface area contributed by atoms with Crippen LogP contribution < -0.4 is 5.56 Å². The van der Waals surface area contributed by atoms with Gasteiger partial charge in [0.1, 0.15) is 5.82 Å². The number of H-pyrrole nitrogens is 1. The summed E-state index contributed by atoms with van der Waals surface area (Å²) in [5, 5.41) is 8.92. The molecule has 2 aromatic carbocycles. The summed E-state index contributed by atoms with van der Waals surface area (Å²) in [6.07, 6.45) is -12.1. The van der Waals surface area contributed by atoms with Crippen molar-refractivity contribution in [2.75, 3.05) is 0 Å². The molecular formula is C16H8F7NO2. The number of benzene rings is 2. The Bertz CT molecular complexity index is 1050. The van der Waals surface area contributed by atoms with Gasteiger partial charge >= 0.3 is 12.4 Å². The summed E-state index contributed by atoms with van der Waals surface area (Å²) in [5.41, 5.74) is -7.42. The van der Waals surface area contributed by atoms with Crippen LogP contribution in [0.1, 0.15) is 5.56 Å². The summed E-state index contributed by atoms with van der Waals surface area (Å²) < 4.78 is 91.7. The number of alkyl halides is 6. The lowest BCUT2D eigenvalue weighted by Gasteiger charge is -2.32. The SMILES string of the molecule is O=c1[nH]c2ccc(C(O)(C(F)(F)F)C(F)(F)F)cc2c2cc(F)ccc12. The number of hydrogen-bond acceptors (Lipinski definition) is 2. The summed E-state index contributed by atoms with van der Waals surface area (Å²) in [5.74, 6) is -0.836. The fourth-order valence-electron chi connectivity index (χ4n) is 2.72. The van der Waals surface area contributed by atoms with Crippen LogP contribution in [-0.4, -0.2) is 22.4 Å². The first-order valence-corrected chi connectivity index (χ1v) is 6.98. The zero-order chi connectivity index (χ0) is 19.5. The average molecular weight is 379 g/mol. The summed E-state index contributed by atoms with van der Waals surface area (Å²) in [6, 6.07) is 4.43. The summed E-state index contributed by atoms with van der Waals surface area (Å²) in [6.45, 7) is 0. The summed E-state index contributed by atoms with van der Waals surface area (Å²) >= 11 is 0. The monoisotopic (exact) mass is 379 g/mol. The molecule has 3 aromatic rings. The van der Waals surface area contributed by atoms with Gasteiger partial charge in [0, 0.05) is 21.9 Å². The molecule has 0 atom stereocenters. The van der Waals surface area contributed by atoms with Crippen LogP contribution >= 0.6 is 0 Å². The van der Waals surface area contributed by atoms with Gasteiger partial charge in [0.15, 0.2) is 0 Å². The molecule has 0 radical (unpaired) electrons.